The Morgan fingerprint density at radius 1 is 1.50 bits per heavy atom. The number of oxazole rings is 1. The fraction of sp³-hybridized carbons (Fsp3) is 0.231. The molecule has 0 saturated heterocycles. The van der Waals surface area contributed by atoms with E-state index in [1.54, 1.807) is 6.92 Å². The van der Waals surface area contributed by atoms with Crippen LogP contribution in [0.2, 0.25) is 0 Å². The smallest absolute Gasteiger partial charge is 0.273 e. The number of benzene rings is 1. The molecule has 0 saturated carbocycles. The number of rotatable bonds is 4. The normalized spacial score (nSPS) is 12.2. The van der Waals surface area contributed by atoms with Gasteiger partial charge in [-0.05, 0) is 25.1 Å². The first-order valence-corrected chi connectivity index (χ1v) is 5.90. The maximum Gasteiger partial charge on any atom is 0.273 e. The number of nitrogens with one attached hydrogen (secondary N) is 1. The molecule has 1 atom stereocenters. The van der Waals surface area contributed by atoms with Gasteiger partial charge in [0.15, 0.2) is 5.69 Å². The first-order chi connectivity index (χ1) is 9.47. The lowest BCUT2D eigenvalue weighted by Crippen LogP contribution is -2.24. The number of hydrogen-bond donors (Lipinski definition) is 2. The molecule has 2 aromatic rings. The van der Waals surface area contributed by atoms with Gasteiger partial charge in [0.2, 0.25) is 5.89 Å². The quantitative estimate of drug-likeness (QED) is 0.896. The molecule has 0 spiro atoms. The van der Waals surface area contributed by atoms with Gasteiger partial charge < -0.3 is 15.5 Å². The second kappa shape index (κ2) is 5.79. The zero-order valence-corrected chi connectivity index (χ0v) is 10.7. The Balaban J connectivity index is 2.02. The van der Waals surface area contributed by atoms with Crippen LogP contribution >= 0.6 is 0 Å². The summed E-state index contributed by atoms with van der Waals surface area (Å²) in [5.41, 5.74) is 5.64. The molecule has 3 N–H and O–H groups in total. The second-order valence-electron chi connectivity index (χ2n) is 4.28. The Hall–Kier alpha value is -2.28. The van der Waals surface area contributed by atoms with E-state index in [0.717, 1.165) is 24.5 Å². The van der Waals surface area contributed by atoms with Crippen molar-refractivity contribution in [1.29, 1.82) is 0 Å². The maximum absolute atomic E-state index is 13.4. The van der Waals surface area contributed by atoms with Crippen molar-refractivity contribution in [3.63, 3.8) is 0 Å². The number of nitrogens with two attached hydrogens (primary N) is 1. The van der Waals surface area contributed by atoms with Crippen molar-refractivity contribution in [1.82, 2.24) is 10.3 Å². The largest absolute Gasteiger partial charge is 0.446 e. The Labute approximate surface area is 113 Å². The van der Waals surface area contributed by atoms with E-state index in [2.05, 4.69) is 10.3 Å². The Morgan fingerprint density at radius 2 is 2.25 bits per heavy atom. The third-order valence-electron chi connectivity index (χ3n) is 2.59. The van der Waals surface area contributed by atoms with Gasteiger partial charge in [-0.3, -0.25) is 4.79 Å². The summed E-state index contributed by atoms with van der Waals surface area (Å²) in [6.07, 6.45) is 1.16. The minimum atomic E-state index is -0.594. The highest BCUT2D eigenvalue weighted by molar-refractivity contribution is 5.91. The average molecular weight is 281 g/mol. The van der Waals surface area contributed by atoms with Crippen LogP contribution < -0.4 is 11.1 Å². The molecule has 1 heterocycles. The van der Waals surface area contributed by atoms with E-state index in [-0.39, 0.29) is 23.7 Å². The third-order valence-corrected chi connectivity index (χ3v) is 2.59. The van der Waals surface area contributed by atoms with Crippen molar-refractivity contribution in [2.24, 2.45) is 5.73 Å². The molecule has 20 heavy (non-hydrogen) atoms. The van der Waals surface area contributed by atoms with Crippen molar-refractivity contribution < 1.29 is 18.0 Å². The van der Waals surface area contributed by atoms with Crippen molar-refractivity contribution >= 4 is 5.91 Å². The lowest BCUT2D eigenvalue weighted by Gasteiger charge is -2.04. The lowest BCUT2D eigenvalue weighted by atomic mass is 10.2. The van der Waals surface area contributed by atoms with Crippen LogP contribution in [0.1, 0.15) is 34.9 Å². The third kappa shape index (κ3) is 3.18. The molecule has 1 amide bonds. The van der Waals surface area contributed by atoms with Crippen LogP contribution in [-0.4, -0.2) is 10.9 Å². The van der Waals surface area contributed by atoms with Crippen molar-refractivity contribution in [2.45, 2.75) is 19.5 Å². The number of hydrogen-bond acceptors (Lipinski definition) is 4. The summed E-state index contributed by atoms with van der Waals surface area (Å²) in [5.74, 6) is -1.49. The minimum Gasteiger partial charge on any atom is -0.446 e. The number of halogens is 2. The summed E-state index contributed by atoms with van der Waals surface area (Å²) in [5, 5.41) is 2.43. The SMILES string of the molecule is CC(N)c1nc(C(=O)NCc2cc(F)ccc2F)co1. The highest BCUT2D eigenvalue weighted by Gasteiger charge is 2.14. The highest BCUT2D eigenvalue weighted by Crippen LogP contribution is 2.11. The van der Waals surface area contributed by atoms with E-state index in [4.69, 9.17) is 10.2 Å². The first kappa shape index (κ1) is 14.1. The number of carbonyl (C=O) groups is 1. The topological polar surface area (TPSA) is 81.1 Å². The Bertz CT molecular complexity index is 626. The van der Waals surface area contributed by atoms with E-state index in [0.29, 0.717) is 0 Å². The van der Waals surface area contributed by atoms with Gasteiger partial charge in [0.25, 0.3) is 5.91 Å². The summed E-state index contributed by atoms with van der Waals surface area (Å²) in [6, 6.07) is 2.59. The summed E-state index contributed by atoms with van der Waals surface area (Å²) in [6.45, 7) is 1.51. The van der Waals surface area contributed by atoms with Crippen LogP contribution in [0.3, 0.4) is 0 Å². The standard InChI is InChI=1S/C13H13F2N3O2/c1-7(16)13-18-11(6-20-13)12(19)17-5-8-4-9(14)2-3-10(8)15/h2-4,6-7H,5,16H2,1H3,(H,17,19). The first-order valence-electron chi connectivity index (χ1n) is 5.90. The number of aromatic nitrogens is 1. The molecule has 0 aliphatic carbocycles. The molecule has 1 aromatic carbocycles. The molecular formula is C13H13F2N3O2. The van der Waals surface area contributed by atoms with Gasteiger partial charge in [-0.2, -0.15) is 0 Å². The van der Waals surface area contributed by atoms with Crippen LogP contribution in [0.25, 0.3) is 0 Å². The fourth-order valence-corrected chi connectivity index (χ4v) is 1.55. The average Bonchev–Trinajstić information content (AvgIpc) is 2.89. The van der Waals surface area contributed by atoms with Crippen LogP contribution in [0.5, 0.6) is 0 Å². The molecule has 0 bridgehead atoms. The van der Waals surface area contributed by atoms with Gasteiger partial charge in [0.1, 0.15) is 17.9 Å². The molecule has 0 aliphatic rings. The van der Waals surface area contributed by atoms with Crippen molar-refractivity contribution in [3.05, 3.63) is 53.2 Å². The molecule has 2 rings (SSSR count). The second-order valence-corrected chi connectivity index (χ2v) is 4.28. The molecule has 0 fully saturated rings. The molecule has 0 radical (unpaired) electrons. The molecule has 106 valence electrons. The maximum atomic E-state index is 13.4. The predicted molar refractivity (Wildman–Crippen MR) is 66.6 cm³/mol. The van der Waals surface area contributed by atoms with Gasteiger partial charge in [0.05, 0.1) is 6.04 Å². The molecular weight excluding hydrogens is 268 g/mol. The van der Waals surface area contributed by atoms with E-state index in [9.17, 15) is 13.6 Å². The van der Waals surface area contributed by atoms with E-state index >= 15 is 0 Å². The summed E-state index contributed by atoms with van der Waals surface area (Å²) in [7, 11) is 0. The summed E-state index contributed by atoms with van der Waals surface area (Å²) >= 11 is 0. The van der Waals surface area contributed by atoms with Crippen LogP contribution in [-0.2, 0) is 6.54 Å². The number of nitrogens with zero attached hydrogens (tertiary/aromatic N) is 1. The van der Waals surface area contributed by atoms with E-state index in [1.807, 2.05) is 0 Å². The zero-order valence-electron chi connectivity index (χ0n) is 10.7. The van der Waals surface area contributed by atoms with Crippen molar-refractivity contribution in [3.8, 4) is 0 Å². The van der Waals surface area contributed by atoms with Crippen molar-refractivity contribution in [2.75, 3.05) is 0 Å². The Morgan fingerprint density at radius 3 is 2.90 bits per heavy atom. The van der Waals surface area contributed by atoms with Crippen LogP contribution in [0.15, 0.2) is 28.9 Å². The van der Waals surface area contributed by atoms with Gasteiger partial charge in [-0.25, -0.2) is 13.8 Å². The van der Waals surface area contributed by atoms with Gasteiger partial charge >= 0.3 is 0 Å². The number of carbonyl (C=O) groups excluding carboxylic acids is 1. The van der Waals surface area contributed by atoms with Gasteiger partial charge in [-0.1, -0.05) is 0 Å². The number of amides is 1. The monoisotopic (exact) mass is 281 g/mol. The van der Waals surface area contributed by atoms with Crippen LogP contribution in [0.4, 0.5) is 8.78 Å². The molecule has 0 aliphatic heterocycles. The molecule has 5 nitrogen and oxygen atoms in total. The highest BCUT2D eigenvalue weighted by atomic mass is 19.1. The molecule has 7 heteroatoms. The van der Waals surface area contributed by atoms with Gasteiger partial charge in [0, 0.05) is 12.1 Å². The minimum absolute atomic E-state index is 0.0362. The lowest BCUT2D eigenvalue weighted by molar-refractivity contribution is 0.0945. The fourth-order valence-electron chi connectivity index (χ4n) is 1.55. The Kier molecular flexibility index (Phi) is 4.09. The van der Waals surface area contributed by atoms with E-state index < -0.39 is 23.6 Å². The van der Waals surface area contributed by atoms with E-state index in [1.165, 1.54) is 0 Å². The molecule has 1 aromatic heterocycles. The summed E-state index contributed by atoms with van der Waals surface area (Å²) < 4.78 is 31.3. The predicted octanol–water partition coefficient (Wildman–Crippen LogP) is 1.90. The zero-order chi connectivity index (χ0) is 14.7. The molecule has 1 unspecified atom stereocenters. The van der Waals surface area contributed by atoms with Crippen LogP contribution in [0, 0.1) is 11.6 Å². The van der Waals surface area contributed by atoms with Gasteiger partial charge in [-0.15, -0.1) is 0 Å². The summed E-state index contributed by atoms with van der Waals surface area (Å²) in [4.78, 5) is 15.6.